The Labute approximate surface area is 111 Å². The predicted molar refractivity (Wildman–Crippen MR) is 71.3 cm³/mol. The minimum atomic E-state index is -0.944. The average molecular weight is 266 g/mol. The van der Waals surface area contributed by atoms with Crippen LogP contribution in [-0.4, -0.2) is 37.4 Å². The van der Waals surface area contributed by atoms with Gasteiger partial charge in [-0.25, -0.2) is 4.79 Å². The summed E-state index contributed by atoms with van der Waals surface area (Å²) in [6, 6.07) is 7.00. The summed E-state index contributed by atoms with van der Waals surface area (Å²) in [6.45, 7) is 0.667. The van der Waals surface area contributed by atoms with Crippen LogP contribution in [0.2, 0.25) is 0 Å². The second kappa shape index (κ2) is 8.10. The van der Waals surface area contributed by atoms with Gasteiger partial charge in [0.25, 0.3) is 0 Å². The number of anilines is 1. The second-order valence-electron chi connectivity index (χ2n) is 3.92. The van der Waals surface area contributed by atoms with Crippen molar-refractivity contribution in [1.29, 1.82) is 0 Å². The van der Waals surface area contributed by atoms with E-state index in [0.29, 0.717) is 18.7 Å². The summed E-state index contributed by atoms with van der Waals surface area (Å²) in [4.78, 5) is 21.9. The molecule has 0 saturated heterocycles. The van der Waals surface area contributed by atoms with Gasteiger partial charge in [0.2, 0.25) is 0 Å². The number of amides is 2. The van der Waals surface area contributed by atoms with Crippen LogP contribution in [0.15, 0.2) is 24.3 Å². The zero-order valence-electron chi connectivity index (χ0n) is 10.8. The van der Waals surface area contributed by atoms with Crippen LogP contribution in [0.1, 0.15) is 12.0 Å². The van der Waals surface area contributed by atoms with Crippen LogP contribution in [0, 0.1) is 0 Å². The predicted octanol–water partition coefficient (Wildman–Crippen LogP) is 1.47. The molecule has 0 fully saturated rings. The molecule has 19 heavy (non-hydrogen) atoms. The lowest BCUT2D eigenvalue weighted by Crippen LogP contribution is -2.30. The maximum Gasteiger partial charge on any atom is 0.319 e. The SMILES string of the molecule is COCCc1ccccc1NC(=O)NCCC(=O)O. The Balaban J connectivity index is 2.51. The fourth-order valence-corrected chi connectivity index (χ4v) is 1.52. The van der Waals surface area contributed by atoms with Crippen LogP contribution in [0.4, 0.5) is 10.5 Å². The molecule has 6 heteroatoms. The van der Waals surface area contributed by atoms with E-state index >= 15 is 0 Å². The Hall–Kier alpha value is -2.08. The molecule has 0 spiro atoms. The molecule has 3 N–H and O–H groups in total. The van der Waals surface area contributed by atoms with Crippen molar-refractivity contribution in [3.05, 3.63) is 29.8 Å². The highest BCUT2D eigenvalue weighted by Crippen LogP contribution is 2.15. The van der Waals surface area contributed by atoms with Gasteiger partial charge in [-0.3, -0.25) is 4.79 Å². The van der Waals surface area contributed by atoms with E-state index in [0.717, 1.165) is 5.56 Å². The topological polar surface area (TPSA) is 87.7 Å². The van der Waals surface area contributed by atoms with Gasteiger partial charge in [-0.2, -0.15) is 0 Å². The summed E-state index contributed by atoms with van der Waals surface area (Å²) in [7, 11) is 1.62. The van der Waals surface area contributed by atoms with Crippen LogP contribution in [0.5, 0.6) is 0 Å². The molecular formula is C13H18N2O4. The quantitative estimate of drug-likeness (QED) is 0.697. The van der Waals surface area contributed by atoms with Crippen molar-refractivity contribution in [2.24, 2.45) is 0 Å². The third-order valence-corrected chi connectivity index (χ3v) is 2.47. The number of ether oxygens (including phenoxy) is 1. The molecule has 0 aromatic heterocycles. The van der Waals surface area contributed by atoms with Crippen molar-refractivity contribution >= 4 is 17.7 Å². The van der Waals surface area contributed by atoms with E-state index in [9.17, 15) is 9.59 Å². The van der Waals surface area contributed by atoms with E-state index in [-0.39, 0.29) is 13.0 Å². The number of para-hydroxylation sites is 1. The molecule has 0 bridgehead atoms. The molecular weight excluding hydrogens is 248 g/mol. The zero-order valence-corrected chi connectivity index (χ0v) is 10.8. The summed E-state index contributed by atoms with van der Waals surface area (Å²) in [5.74, 6) is -0.944. The first kappa shape index (κ1) is 15.0. The Morgan fingerprint density at radius 3 is 2.74 bits per heavy atom. The molecule has 6 nitrogen and oxygen atoms in total. The molecule has 1 aromatic carbocycles. The Morgan fingerprint density at radius 2 is 2.05 bits per heavy atom. The normalized spacial score (nSPS) is 9.95. The third-order valence-electron chi connectivity index (χ3n) is 2.47. The molecule has 1 rings (SSSR count). The Morgan fingerprint density at radius 1 is 1.32 bits per heavy atom. The van der Waals surface area contributed by atoms with Gasteiger partial charge in [0.05, 0.1) is 13.0 Å². The van der Waals surface area contributed by atoms with E-state index < -0.39 is 12.0 Å². The van der Waals surface area contributed by atoms with Crippen LogP contribution in [-0.2, 0) is 16.0 Å². The fraction of sp³-hybridized carbons (Fsp3) is 0.385. The molecule has 0 atom stereocenters. The number of carboxylic acid groups (broad SMARTS) is 1. The molecule has 0 aliphatic rings. The largest absolute Gasteiger partial charge is 0.481 e. The minimum absolute atomic E-state index is 0.0985. The number of benzene rings is 1. The molecule has 0 radical (unpaired) electrons. The lowest BCUT2D eigenvalue weighted by Gasteiger charge is -2.11. The summed E-state index contributed by atoms with van der Waals surface area (Å²) in [5.41, 5.74) is 1.67. The van der Waals surface area contributed by atoms with Crippen LogP contribution in [0.3, 0.4) is 0 Å². The maximum atomic E-state index is 11.6. The number of carbonyl (C=O) groups excluding carboxylic acids is 1. The van der Waals surface area contributed by atoms with Gasteiger partial charge in [-0.05, 0) is 18.1 Å². The molecule has 0 aliphatic carbocycles. The molecule has 1 aromatic rings. The molecule has 0 saturated carbocycles. The summed E-state index contributed by atoms with van der Waals surface area (Å²) < 4.78 is 5.00. The lowest BCUT2D eigenvalue weighted by atomic mass is 10.1. The third kappa shape index (κ3) is 5.87. The monoisotopic (exact) mass is 266 g/mol. The first-order valence-electron chi connectivity index (χ1n) is 5.97. The van der Waals surface area contributed by atoms with Crippen molar-refractivity contribution in [3.8, 4) is 0 Å². The standard InChI is InChI=1S/C13H18N2O4/c1-19-9-7-10-4-2-3-5-11(10)15-13(18)14-8-6-12(16)17/h2-5H,6-9H2,1H3,(H,16,17)(H2,14,15,18). The first-order valence-corrected chi connectivity index (χ1v) is 5.97. The van der Waals surface area contributed by atoms with Crippen LogP contribution >= 0.6 is 0 Å². The van der Waals surface area contributed by atoms with E-state index in [1.807, 2.05) is 18.2 Å². The van der Waals surface area contributed by atoms with Crippen molar-refractivity contribution < 1.29 is 19.4 Å². The van der Waals surface area contributed by atoms with Gasteiger partial charge in [0.1, 0.15) is 0 Å². The number of methoxy groups -OCH3 is 1. The summed E-state index contributed by atoms with van der Waals surface area (Å²) in [6.07, 6.45) is 0.598. The average Bonchev–Trinajstić information content (AvgIpc) is 2.37. The summed E-state index contributed by atoms with van der Waals surface area (Å²) in [5, 5.41) is 13.7. The number of urea groups is 1. The van der Waals surface area contributed by atoms with E-state index in [1.54, 1.807) is 13.2 Å². The fourth-order valence-electron chi connectivity index (χ4n) is 1.52. The molecule has 104 valence electrons. The van der Waals surface area contributed by atoms with Gasteiger partial charge in [0.15, 0.2) is 0 Å². The van der Waals surface area contributed by atoms with E-state index in [1.165, 1.54) is 0 Å². The highest BCUT2D eigenvalue weighted by atomic mass is 16.5. The van der Waals surface area contributed by atoms with E-state index in [4.69, 9.17) is 9.84 Å². The molecule has 2 amide bonds. The van der Waals surface area contributed by atoms with Crippen LogP contribution in [0.25, 0.3) is 0 Å². The van der Waals surface area contributed by atoms with Crippen molar-refractivity contribution in [3.63, 3.8) is 0 Å². The number of carbonyl (C=O) groups is 2. The molecule has 0 heterocycles. The minimum Gasteiger partial charge on any atom is -0.481 e. The van der Waals surface area contributed by atoms with Crippen LogP contribution < -0.4 is 10.6 Å². The van der Waals surface area contributed by atoms with Gasteiger partial charge in [-0.1, -0.05) is 18.2 Å². The molecule has 0 aliphatic heterocycles. The number of nitrogens with one attached hydrogen (secondary N) is 2. The van der Waals surface area contributed by atoms with E-state index in [2.05, 4.69) is 10.6 Å². The lowest BCUT2D eigenvalue weighted by molar-refractivity contribution is -0.136. The number of carboxylic acids is 1. The van der Waals surface area contributed by atoms with Crippen molar-refractivity contribution in [2.45, 2.75) is 12.8 Å². The Bertz CT molecular complexity index is 434. The van der Waals surface area contributed by atoms with Gasteiger partial charge >= 0.3 is 12.0 Å². The maximum absolute atomic E-state index is 11.6. The van der Waals surface area contributed by atoms with Crippen molar-refractivity contribution in [2.75, 3.05) is 25.6 Å². The number of hydrogen-bond acceptors (Lipinski definition) is 3. The van der Waals surface area contributed by atoms with Crippen molar-refractivity contribution in [1.82, 2.24) is 5.32 Å². The Kier molecular flexibility index (Phi) is 6.38. The van der Waals surface area contributed by atoms with Gasteiger partial charge in [-0.15, -0.1) is 0 Å². The van der Waals surface area contributed by atoms with Gasteiger partial charge in [0, 0.05) is 19.3 Å². The first-order chi connectivity index (χ1) is 9.13. The molecule has 0 unspecified atom stereocenters. The number of rotatable bonds is 7. The zero-order chi connectivity index (χ0) is 14.1. The smallest absolute Gasteiger partial charge is 0.319 e. The highest BCUT2D eigenvalue weighted by molar-refractivity contribution is 5.90. The number of hydrogen-bond donors (Lipinski definition) is 3. The highest BCUT2D eigenvalue weighted by Gasteiger charge is 2.06. The number of aliphatic carboxylic acids is 1. The summed E-state index contributed by atoms with van der Waals surface area (Å²) >= 11 is 0. The second-order valence-corrected chi connectivity index (χ2v) is 3.92. The van der Waals surface area contributed by atoms with Gasteiger partial charge < -0.3 is 20.5 Å².